The van der Waals surface area contributed by atoms with Crippen LogP contribution in [0, 0.1) is 12.7 Å². The average molecular weight is 436 g/mol. The van der Waals surface area contributed by atoms with Crippen molar-refractivity contribution in [3.63, 3.8) is 0 Å². The van der Waals surface area contributed by atoms with Crippen LogP contribution < -0.4 is 5.32 Å². The molecule has 0 spiro atoms. The number of rotatable bonds is 5. The van der Waals surface area contributed by atoms with Gasteiger partial charge in [0.05, 0.1) is 17.3 Å². The summed E-state index contributed by atoms with van der Waals surface area (Å²) in [5.41, 5.74) is 2.23. The number of piperidine rings is 1. The first kappa shape index (κ1) is 21.6. The van der Waals surface area contributed by atoms with Gasteiger partial charge in [0.25, 0.3) is 11.8 Å². The van der Waals surface area contributed by atoms with Gasteiger partial charge in [0, 0.05) is 32.5 Å². The van der Waals surface area contributed by atoms with E-state index in [2.05, 4.69) is 20.4 Å². The van der Waals surface area contributed by atoms with Crippen LogP contribution in [0.15, 0.2) is 42.7 Å². The molecule has 9 heteroatoms. The first-order valence-corrected chi connectivity index (χ1v) is 10.6. The van der Waals surface area contributed by atoms with E-state index >= 15 is 0 Å². The van der Waals surface area contributed by atoms with E-state index in [-0.39, 0.29) is 30.2 Å². The summed E-state index contributed by atoms with van der Waals surface area (Å²) in [6.07, 6.45) is 5.77. The highest BCUT2D eigenvalue weighted by atomic mass is 19.1. The highest BCUT2D eigenvalue weighted by Gasteiger charge is 2.32. The monoisotopic (exact) mass is 436 g/mol. The minimum absolute atomic E-state index is 0.0999. The van der Waals surface area contributed by atoms with Crippen LogP contribution in [0.4, 0.5) is 4.39 Å². The van der Waals surface area contributed by atoms with Gasteiger partial charge in [-0.05, 0) is 49.9 Å². The maximum atomic E-state index is 13.1. The summed E-state index contributed by atoms with van der Waals surface area (Å²) in [5.74, 6) is -0.187. The number of halogens is 1. The van der Waals surface area contributed by atoms with Crippen molar-refractivity contribution >= 4 is 11.8 Å². The summed E-state index contributed by atoms with van der Waals surface area (Å²) in [5, 5.41) is 6.90. The molecule has 1 aliphatic rings. The van der Waals surface area contributed by atoms with Crippen molar-refractivity contribution in [2.24, 2.45) is 7.05 Å². The quantitative estimate of drug-likeness (QED) is 0.664. The van der Waals surface area contributed by atoms with Crippen molar-refractivity contribution < 1.29 is 14.0 Å². The minimum atomic E-state index is -0.321. The van der Waals surface area contributed by atoms with Crippen LogP contribution in [-0.2, 0) is 13.6 Å². The largest absolute Gasteiger partial charge is 0.348 e. The summed E-state index contributed by atoms with van der Waals surface area (Å²) in [7, 11) is 1.74. The van der Waals surface area contributed by atoms with Gasteiger partial charge >= 0.3 is 0 Å². The molecule has 8 nitrogen and oxygen atoms in total. The number of benzene rings is 1. The lowest BCUT2D eigenvalue weighted by Crippen LogP contribution is -2.40. The highest BCUT2D eigenvalue weighted by Crippen LogP contribution is 2.30. The molecule has 166 valence electrons. The molecule has 0 aliphatic carbocycles. The van der Waals surface area contributed by atoms with Crippen molar-refractivity contribution in [3.8, 4) is 0 Å². The third-order valence-corrected chi connectivity index (χ3v) is 5.71. The Kier molecular flexibility index (Phi) is 6.25. The predicted molar refractivity (Wildman–Crippen MR) is 115 cm³/mol. The summed E-state index contributed by atoms with van der Waals surface area (Å²) in [4.78, 5) is 36.5. The van der Waals surface area contributed by atoms with Crippen molar-refractivity contribution in [1.29, 1.82) is 0 Å². The number of nitrogens with one attached hydrogen (secondary N) is 1. The maximum absolute atomic E-state index is 13.1. The predicted octanol–water partition coefficient (Wildman–Crippen LogP) is 2.96. The summed E-state index contributed by atoms with van der Waals surface area (Å²) < 4.78 is 14.6. The van der Waals surface area contributed by atoms with E-state index in [9.17, 15) is 14.0 Å². The number of aryl methyl sites for hydroxylation is 2. The van der Waals surface area contributed by atoms with Gasteiger partial charge in [0.15, 0.2) is 5.82 Å². The molecule has 32 heavy (non-hydrogen) atoms. The van der Waals surface area contributed by atoms with Crippen molar-refractivity contribution in [1.82, 2.24) is 30.0 Å². The third-order valence-electron chi connectivity index (χ3n) is 5.71. The van der Waals surface area contributed by atoms with Crippen LogP contribution in [0.1, 0.15) is 63.2 Å². The lowest BCUT2D eigenvalue weighted by atomic mass is 10.0. The van der Waals surface area contributed by atoms with Crippen LogP contribution in [0.5, 0.6) is 0 Å². The molecule has 0 saturated carbocycles. The Labute approximate surface area is 185 Å². The van der Waals surface area contributed by atoms with E-state index in [0.717, 1.165) is 24.8 Å². The maximum Gasteiger partial charge on any atom is 0.272 e. The number of carbonyl (C=O) groups excluding carboxylic acids is 2. The van der Waals surface area contributed by atoms with E-state index < -0.39 is 0 Å². The molecule has 2 amide bonds. The molecule has 0 bridgehead atoms. The molecular weight excluding hydrogens is 411 g/mol. The van der Waals surface area contributed by atoms with Crippen molar-refractivity contribution in [2.75, 3.05) is 6.54 Å². The molecule has 4 rings (SSSR count). The van der Waals surface area contributed by atoms with Crippen LogP contribution in [0.3, 0.4) is 0 Å². The van der Waals surface area contributed by atoms with E-state index in [1.54, 1.807) is 47.9 Å². The lowest BCUT2D eigenvalue weighted by molar-refractivity contribution is 0.0587. The molecule has 2 aromatic heterocycles. The molecule has 1 N–H and O–H groups in total. The van der Waals surface area contributed by atoms with Gasteiger partial charge in [0.2, 0.25) is 0 Å². The average Bonchev–Trinajstić information content (AvgIpc) is 3.23. The Balaban J connectivity index is 1.49. The number of amides is 2. The van der Waals surface area contributed by atoms with E-state index in [4.69, 9.17) is 0 Å². The Bertz CT molecular complexity index is 1130. The molecular formula is C23H25FN6O2. The SMILES string of the molecule is Cc1nc(C2CCCCN2C(=O)c2ccnn2C)ncc1C(=O)NCc1ccc(F)cc1. The normalized spacial score (nSPS) is 16.1. The summed E-state index contributed by atoms with van der Waals surface area (Å²) in [6.45, 7) is 2.65. The zero-order chi connectivity index (χ0) is 22.7. The highest BCUT2D eigenvalue weighted by molar-refractivity contribution is 5.95. The zero-order valence-electron chi connectivity index (χ0n) is 18.1. The second-order valence-electron chi connectivity index (χ2n) is 7.89. The molecule has 1 aromatic carbocycles. The van der Waals surface area contributed by atoms with Crippen molar-refractivity contribution in [3.05, 3.63) is 76.9 Å². The second kappa shape index (κ2) is 9.25. The molecule has 1 saturated heterocycles. The molecule has 1 atom stereocenters. The molecule has 1 aliphatic heterocycles. The van der Waals surface area contributed by atoms with Gasteiger partial charge in [-0.25, -0.2) is 14.4 Å². The van der Waals surface area contributed by atoms with Crippen LogP contribution in [0.25, 0.3) is 0 Å². The number of likely N-dealkylation sites (tertiary alicyclic amines) is 1. The van der Waals surface area contributed by atoms with E-state index in [1.165, 1.54) is 18.3 Å². The summed E-state index contributed by atoms with van der Waals surface area (Å²) in [6, 6.07) is 7.41. The molecule has 3 aromatic rings. The van der Waals surface area contributed by atoms with Gasteiger partial charge in [-0.1, -0.05) is 12.1 Å². The lowest BCUT2D eigenvalue weighted by Gasteiger charge is -2.34. The van der Waals surface area contributed by atoms with Crippen LogP contribution >= 0.6 is 0 Å². The minimum Gasteiger partial charge on any atom is -0.348 e. The Hall–Kier alpha value is -3.62. The number of hydrogen-bond donors (Lipinski definition) is 1. The fraction of sp³-hybridized carbons (Fsp3) is 0.348. The van der Waals surface area contributed by atoms with E-state index in [0.29, 0.717) is 29.3 Å². The molecule has 0 radical (unpaired) electrons. The Morgan fingerprint density at radius 3 is 2.66 bits per heavy atom. The number of nitrogens with zero attached hydrogens (tertiary/aromatic N) is 5. The van der Waals surface area contributed by atoms with Gasteiger partial charge in [-0.3, -0.25) is 14.3 Å². The Morgan fingerprint density at radius 2 is 1.97 bits per heavy atom. The molecule has 3 heterocycles. The van der Waals surface area contributed by atoms with Gasteiger partial charge < -0.3 is 10.2 Å². The van der Waals surface area contributed by atoms with Crippen molar-refractivity contribution in [2.45, 2.75) is 38.8 Å². The van der Waals surface area contributed by atoms with Gasteiger partial charge in [0.1, 0.15) is 11.5 Å². The number of hydrogen-bond acceptors (Lipinski definition) is 5. The molecule has 1 unspecified atom stereocenters. The van der Waals surface area contributed by atoms with Crippen LogP contribution in [0.2, 0.25) is 0 Å². The smallest absolute Gasteiger partial charge is 0.272 e. The summed E-state index contributed by atoms with van der Waals surface area (Å²) >= 11 is 0. The number of aromatic nitrogens is 4. The van der Waals surface area contributed by atoms with Crippen LogP contribution in [-0.4, -0.2) is 43.0 Å². The number of carbonyl (C=O) groups is 2. The molecule has 1 fully saturated rings. The topological polar surface area (TPSA) is 93.0 Å². The fourth-order valence-corrected chi connectivity index (χ4v) is 3.92. The van der Waals surface area contributed by atoms with E-state index in [1.807, 2.05) is 0 Å². The first-order chi connectivity index (χ1) is 15.4. The van der Waals surface area contributed by atoms with Gasteiger partial charge in [-0.15, -0.1) is 0 Å². The Morgan fingerprint density at radius 1 is 1.19 bits per heavy atom. The third kappa shape index (κ3) is 4.51. The fourth-order valence-electron chi connectivity index (χ4n) is 3.92. The second-order valence-corrected chi connectivity index (χ2v) is 7.89. The zero-order valence-corrected chi connectivity index (χ0v) is 18.1. The first-order valence-electron chi connectivity index (χ1n) is 10.6. The standard InChI is InChI=1S/C23H25FN6O2/c1-15-18(22(31)26-13-16-6-8-17(24)9-7-16)14-25-21(28-15)19-5-3-4-12-30(19)23(32)20-10-11-27-29(20)2/h6-11,14,19H,3-5,12-13H2,1-2H3,(H,26,31). The van der Waals surface area contributed by atoms with Gasteiger partial charge in [-0.2, -0.15) is 5.10 Å².